The Kier molecular flexibility index (Phi) is 4.52. The predicted octanol–water partition coefficient (Wildman–Crippen LogP) is 1.37. The lowest BCUT2D eigenvalue weighted by Crippen LogP contribution is -2.25. The summed E-state index contributed by atoms with van der Waals surface area (Å²) in [5.41, 5.74) is 0. The average Bonchev–Trinajstić information content (AvgIpc) is 2.88. The van der Waals surface area contributed by atoms with Crippen LogP contribution in [-0.2, 0) is 16.4 Å². The first kappa shape index (κ1) is 14.0. The molecule has 0 spiro atoms. The third-order valence-electron chi connectivity index (χ3n) is 2.45. The summed E-state index contributed by atoms with van der Waals surface area (Å²) in [5, 5.41) is 6.83. The molecule has 0 saturated heterocycles. The van der Waals surface area contributed by atoms with Crippen molar-refractivity contribution in [2.75, 3.05) is 6.54 Å². The minimum atomic E-state index is -3.50. The Morgan fingerprint density at radius 3 is 2.89 bits per heavy atom. The van der Waals surface area contributed by atoms with Crippen LogP contribution in [-0.4, -0.2) is 30.1 Å². The van der Waals surface area contributed by atoms with Crippen molar-refractivity contribution in [1.29, 1.82) is 0 Å². The Morgan fingerprint density at radius 2 is 2.21 bits per heavy atom. The fraction of sp³-hybridized carbons (Fsp3) is 0.273. The van der Waals surface area contributed by atoms with Crippen molar-refractivity contribution >= 4 is 21.6 Å². The van der Waals surface area contributed by atoms with E-state index in [9.17, 15) is 8.42 Å². The van der Waals surface area contributed by atoms with E-state index in [2.05, 4.69) is 19.9 Å². The summed E-state index contributed by atoms with van der Waals surface area (Å²) in [4.78, 5) is 4.13. The maximum atomic E-state index is 11.9. The number of hydrogen-bond acceptors (Lipinski definition) is 4. The molecule has 2 aromatic rings. The summed E-state index contributed by atoms with van der Waals surface area (Å²) in [6.45, 7) is 0.329. The van der Waals surface area contributed by atoms with Crippen molar-refractivity contribution in [1.82, 2.24) is 19.9 Å². The maximum Gasteiger partial charge on any atom is 0.240 e. The first-order chi connectivity index (χ1) is 9.08. The van der Waals surface area contributed by atoms with E-state index in [0.717, 1.165) is 5.82 Å². The number of aromatic amines is 1. The average molecular weight is 301 g/mol. The van der Waals surface area contributed by atoms with Crippen molar-refractivity contribution in [3.63, 3.8) is 0 Å². The summed E-state index contributed by atoms with van der Waals surface area (Å²) in [7, 11) is -3.50. The second-order valence-corrected chi connectivity index (χ2v) is 6.09. The zero-order valence-corrected chi connectivity index (χ0v) is 11.6. The largest absolute Gasteiger partial charge is 0.263 e. The Morgan fingerprint density at radius 1 is 1.37 bits per heavy atom. The van der Waals surface area contributed by atoms with Gasteiger partial charge < -0.3 is 0 Å². The van der Waals surface area contributed by atoms with Gasteiger partial charge in [-0.3, -0.25) is 5.10 Å². The first-order valence-corrected chi connectivity index (χ1v) is 7.53. The molecule has 1 aromatic heterocycles. The topological polar surface area (TPSA) is 87.7 Å². The molecule has 0 saturated carbocycles. The third-order valence-corrected chi connectivity index (χ3v) is 4.15. The Bertz CT molecular complexity index is 628. The van der Waals surface area contributed by atoms with E-state index in [1.165, 1.54) is 18.5 Å². The summed E-state index contributed by atoms with van der Waals surface area (Å²) in [6.07, 6.45) is 2.69. The Hall–Kier alpha value is -1.44. The molecule has 0 unspecified atom stereocenters. The van der Waals surface area contributed by atoms with Gasteiger partial charge in [-0.1, -0.05) is 17.7 Å². The number of aryl methyl sites for hydroxylation is 1. The van der Waals surface area contributed by atoms with Crippen LogP contribution in [0.1, 0.15) is 12.2 Å². The quantitative estimate of drug-likeness (QED) is 0.789. The minimum absolute atomic E-state index is 0.166. The zero-order valence-electron chi connectivity index (χ0n) is 10.0. The van der Waals surface area contributed by atoms with E-state index in [1.54, 1.807) is 12.1 Å². The standard InChI is InChI=1S/C11H13ClN4O2S/c12-9-3-1-4-10(7-9)19(17,18)15-6-2-5-11-13-8-14-16-11/h1,3-4,7-8,15H,2,5-6H2,(H,13,14,16). The molecule has 0 aliphatic heterocycles. The molecule has 0 fully saturated rings. The van der Waals surface area contributed by atoms with Crippen molar-refractivity contribution in [2.24, 2.45) is 0 Å². The van der Waals surface area contributed by atoms with Crippen LogP contribution >= 0.6 is 11.6 Å². The number of hydrogen-bond donors (Lipinski definition) is 2. The summed E-state index contributed by atoms with van der Waals surface area (Å²) in [6, 6.07) is 6.15. The van der Waals surface area contributed by atoms with Gasteiger partial charge in [0, 0.05) is 18.0 Å². The maximum absolute atomic E-state index is 11.9. The normalized spacial score (nSPS) is 11.6. The molecule has 0 aliphatic rings. The number of halogens is 1. The SMILES string of the molecule is O=S(=O)(NCCCc1ncn[nH]1)c1cccc(Cl)c1. The summed E-state index contributed by atoms with van der Waals surface area (Å²) < 4.78 is 26.4. The van der Waals surface area contributed by atoms with E-state index < -0.39 is 10.0 Å². The summed E-state index contributed by atoms with van der Waals surface area (Å²) in [5.74, 6) is 0.738. The molecule has 0 amide bonds. The Balaban J connectivity index is 1.88. The van der Waals surface area contributed by atoms with Gasteiger partial charge in [-0.15, -0.1) is 0 Å². The van der Waals surface area contributed by atoms with E-state index in [-0.39, 0.29) is 4.90 Å². The first-order valence-electron chi connectivity index (χ1n) is 5.67. The van der Waals surface area contributed by atoms with E-state index in [0.29, 0.717) is 24.4 Å². The van der Waals surface area contributed by atoms with Crippen LogP contribution in [0.25, 0.3) is 0 Å². The summed E-state index contributed by atoms with van der Waals surface area (Å²) >= 11 is 5.77. The lowest BCUT2D eigenvalue weighted by atomic mass is 10.3. The molecule has 1 aromatic carbocycles. The number of aromatic nitrogens is 3. The minimum Gasteiger partial charge on any atom is -0.263 e. The molecule has 2 rings (SSSR count). The van der Waals surface area contributed by atoms with Gasteiger partial charge in [0.05, 0.1) is 4.90 Å². The lowest BCUT2D eigenvalue weighted by molar-refractivity contribution is 0.578. The molecule has 0 aliphatic carbocycles. The van der Waals surface area contributed by atoms with Gasteiger partial charge in [-0.05, 0) is 24.6 Å². The third kappa shape index (κ3) is 4.02. The Labute approximate surface area is 116 Å². The van der Waals surface area contributed by atoms with Crippen LogP contribution < -0.4 is 4.72 Å². The van der Waals surface area contributed by atoms with Crippen LogP contribution in [0.2, 0.25) is 5.02 Å². The van der Waals surface area contributed by atoms with Crippen LogP contribution in [0.4, 0.5) is 0 Å². The fourth-order valence-corrected chi connectivity index (χ4v) is 2.91. The van der Waals surface area contributed by atoms with Crippen molar-refractivity contribution in [3.8, 4) is 0 Å². The highest BCUT2D eigenvalue weighted by Crippen LogP contribution is 2.15. The van der Waals surface area contributed by atoms with Gasteiger partial charge in [0.25, 0.3) is 0 Å². The molecular formula is C11H13ClN4O2S. The molecule has 8 heteroatoms. The van der Waals surface area contributed by atoms with Gasteiger partial charge in [0.2, 0.25) is 10.0 Å². The smallest absolute Gasteiger partial charge is 0.240 e. The van der Waals surface area contributed by atoms with Crippen molar-refractivity contribution < 1.29 is 8.42 Å². The monoisotopic (exact) mass is 300 g/mol. The van der Waals surface area contributed by atoms with Crippen LogP contribution in [0.3, 0.4) is 0 Å². The fourth-order valence-electron chi connectivity index (χ4n) is 1.53. The number of benzene rings is 1. The number of H-pyrrole nitrogens is 1. The molecule has 0 atom stereocenters. The highest BCUT2D eigenvalue weighted by Gasteiger charge is 2.13. The molecule has 0 radical (unpaired) electrons. The molecule has 2 N–H and O–H groups in total. The van der Waals surface area contributed by atoms with Crippen LogP contribution in [0.15, 0.2) is 35.5 Å². The molecular weight excluding hydrogens is 288 g/mol. The molecule has 102 valence electrons. The molecule has 1 heterocycles. The number of rotatable bonds is 6. The van der Waals surface area contributed by atoms with E-state index in [4.69, 9.17) is 11.6 Å². The van der Waals surface area contributed by atoms with E-state index >= 15 is 0 Å². The molecule has 19 heavy (non-hydrogen) atoms. The lowest BCUT2D eigenvalue weighted by Gasteiger charge is -2.06. The second kappa shape index (κ2) is 6.14. The van der Waals surface area contributed by atoms with E-state index in [1.807, 2.05) is 0 Å². The molecule has 6 nitrogen and oxygen atoms in total. The predicted molar refractivity (Wildman–Crippen MR) is 71.3 cm³/mol. The zero-order chi connectivity index (χ0) is 13.7. The van der Waals surface area contributed by atoms with Crippen LogP contribution in [0.5, 0.6) is 0 Å². The molecule has 0 bridgehead atoms. The van der Waals surface area contributed by atoms with Gasteiger partial charge in [0.1, 0.15) is 12.2 Å². The van der Waals surface area contributed by atoms with Crippen molar-refractivity contribution in [2.45, 2.75) is 17.7 Å². The van der Waals surface area contributed by atoms with Crippen LogP contribution in [0, 0.1) is 0 Å². The van der Waals surface area contributed by atoms with Gasteiger partial charge >= 0.3 is 0 Å². The highest BCUT2D eigenvalue weighted by atomic mass is 35.5. The number of nitrogens with zero attached hydrogens (tertiary/aromatic N) is 2. The van der Waals surface area contributed by atoms with Crippen molar-refractivity contribution in [3.05, 3.63) is 41.4 Å². The number of nitrogens with one attached hydrogen (secondary N) is 2. The number of sulfonamides is 1. The second-order valence-electron chi connectivity index (χ2n) is 3.89. The van der Waals surface area contributed by atoms with Gasteiger partial charge in [0.15, 0.2) is 0 Å². The van der Waals surface area contributed by atoms with Gasteiger partial charge in [-0.25, -0.2) is 18.1 Å². The van der Waals surface area contributed by atoms with Gasteiger partial charge in [-0.2, -0.15) is 5.10 Å². The highest BCUT2D eigenvalue weighted by molar-refractivity contribution is 7.89.